The van der Waals surface area contributed by atoms with Gasteiger partial charge in [-0.25, -0.2) is 9.59 Å². The number of carbonyl (C=O) groups is 5. The summed E-state index contributed by atoms with van der Waals surface area (Å²) >= 11 is 6.17. The van der Waals surface area contributed by atoms with Gasteiger partial charge in [-0.3, -0.25) is 14.4 Å². The number of carbonyl (C=O) groups excluding carboxylic acids is 4. The molecule has 0 spiro atoms. The number of hydrogen-bond donors (Lipinski definition) is 4. The Balaban J connectivity index is 0.00000768. The Morgan fingerprint density at radius 1 is 1.13 bits per heavy atom. The third-order valence-corrected chi connectivity index (χ3v) is 8.49. The van der Waals surface area contributed by atoms with Crippen molar-refractivity contribution in [3.05, 3.63) is 64.7 Å². The first-order chi connectivity index (χ1) is 21.9. The number of halogens is 2. The standard InChI is InChI=1S/C33H43ClN4O8.ClH/c1-4-33(2,37-28(39)24(35)13-8-9-18-46-31(43)22-11-6-5-7-12-22)32(44)36-25(19-21-15-16-23(34)27(20-21)45-3)29(40)38-17-10-14-26(38)30(41)42;/h5-7,11-12,15-16,20,24-26H,4,8-10,13-14,17-19,35H2,1-3H3,(H,36,44)(H,37,39)(H,41,42);1H/t24-,25-,26+,33-;/m0./s1. The van der Waals surface area contributed by atoms with E-state index in [0.717, 1.165) is 0 Å². The van der Waals surface area contributed by atoms with E-state index in [0.29, 0.717) is 54.0 Å². The number of nitrogens with one attached hydrogen (secondary N) is 2. The van der Waals surface area contributed by atoms with Crippen LogP contribution >= 0.6 is 24.0 Å². The van der Waals surface area contributed by atoms with Crippen LogP contribution in [-0.2, 0) is 30.3 Å². The summed E-state index contributed by atoms with van der Waals surface area (Å²) < 4.78 is 10.6. The number of ether oxygens (including phenoxy) is 2. The van der Waals surface area contributed by atoms with Gasteiger partial charge in [-0.05, 0) is 75.3 Å². The Labute approximate surface area is 286 Å². The third kappa shape index (κ3) is 10.8. The molecule has 3 rings (SSSR count). The van der Waals surface area contributed by atoms with Crippen LogP contribution in [-0.4, -0.2) is 83.6 Å². The number of carboxylic acids is 1. The molecule has 47 heavy (non-hydrogen) atoms. The van der Waals surface area contributed by atoms with Crippen LogP contribution < -0.4 is 21.1 Å². The number of esters is 1. The van der Waals surface area contributed by atoms with E-state index in [-0.39, 0.29) is 38.4 Å². The highest BCUT2D eigenvalue weighted by Gasteiger charge is 2.41. The van der Waals surface area contributed by atoms with Gasteiger partial charge < -0.3 is 35.8 Å². The lowest BCUT2D eigenvalue weighted by molar-refractivity contribution is -0.149. The van der Waals surface area contributed by atoms with Gasteiger partial charge in [-0.1, -0.05) is 42.8 Å². The van der Waals surface area contributed by atoms with Gasteiger partial charge in [0.05, 0.1) is 30.3 Å². The van der Waals surface area contributed by atoms with Crippen molar-refractivity contribution in [3.63, 3.8) is 0 Å². The molecule has 1 heterocycles. The van der Waals surface area contributed by atoms with E-state index >= 15 is 0 Å². The zero-order chi connectivity index (χ0) is 33.9. The van der Waals surface area contributed by atoms with Crippen LogP contribution in [0.4, 0.5) is 0 Å². The Hall–Kier alpha value is -3.87. The highest BCUT2D eigenvalue weighted by molar-refractivity contribution is 6.32. The molecule has 2 aromatic carbocycles. The maximum absolute atomic E-state index is 13.7. The smallest absolute Gasteiger partial charge is 0.338 e. The number of methoxy groups -OCH3 is 1. The molecule has 14 heteroatoms. The molecule has 258 valence electrons. The summed E-state index contributed by atoms with van der Waals surface area (Å²) in [6.45, 7) is 3.67. The topological polar surface area (TPSA) is 177 Å². The van der Waals surface area contributed by atoms with Crippen molar-refractivity contribution in [2.45, 2.75) is 82.5 Å². The molecule has 0 bridgehead atoms. The van der Waals surface area contributed by atoms with Crippen molar-refractivity contribution in [1.29, 1.82) is 0 Å². The second-order valence-electron chi connectivity index (χ2n) is 11.5. The Morgan fingerprint density at radius 2 is 1.83 bits per heavy atom. The van der Waals surface area contributed by atoms with Crippen LogP contribution in [0, 0.1) is 0 Å². The number of nitrogens with two attached hydrogens (primary N) is 1. The number of benzene rings is 2. The quantitative estimate of drug-likeness (QED) is 0.151. The lowest BCUT2D eigenvalue weighted by Crippen LogP contribution is -2.63. The highest BCUT2D eigenvalue weighted by Crippen LogP contribution is 2.27. The van der Waals surface area contributed by atoms with E-state index < -0.39 is 53.3 Å². The maximum Gasteiger partial charge on any atom is 0.338 e. The normalized spacial score (nSPS) is 16.5. The average Bonchev–Trinajstić information content (AvgIpc) is 3.55. The van der Waals surface area contributed by atoms with Gasteiger partial charge in [0.15, 0.2) is 0 Å². The molecule has 0 saturated carbocycles. The maximum atomic E-state index is 13.7. The van der Waals surface area contributed by atoms with Crippen molar-refractivity contribution in [1.82, 2.24) is 15.5 Å². The number of aliphatic carboxylic acids is 1. The molecule has 1 fully saturated rings. The molecular formula is C33H44Cl2N4O8. The summed E-state index contributed by atoms with van der Waals surface area (Å²) in [5.41, 5.74) is 5.80. The van der Waals surface area contributed by atoms with Gasteiger partial charge in [-0.15, -0.1) is 12.4 Å². The molecule has 0 radical (unpaired) electrons. The molecule has 1 aliphatic rings. The van der Waals surface area contributed by atoms with E-state index in [9.17, 15) is 29.1 Å². The van der Waals surface area contributed by atoms with Gasteiger partial charge in [0.25, 0.3) is 0 Å². The first-order valence-electron chi connectivity index (χ1n) is 15.4. The minimum Gasteiger partial charge on any atom is -0.495 e. The predicted molar refractivity (Wildman–Crippen MR) is 179 cm³/mol. The van der Waals surface area contributed by atoms with E-state index in [1.54, 1.807) is 62.4 Å². The van der Waals surface area contributed by atoms with E-state index in [1.165, 1.54) is 12.0 Å². The monoisotopic (exact) mass is 694 g/mol. The number of rotatable bonds is 16. The molecule has 0 aromatic heterocycles. The zero-order valence-corrected chi connectivity index (χ0v) is 28.4. The summed E-state index contributed by atoms with van der Waals surface area (Å²) in [5.74, 6) is -2.86. The second kappa shape index (κ2) is 18.5. The van der Waals surface area contributed by atoms with Crippen molar-refractivity contribution < 1.29 is 38.6 Å². The number of amides is 3. The molecule has 0 unspecified atom stereocenters. The summed E-state index contributed by atoms with van der Waals surface area (Å²) in [6.07, 6.45) is 2.35. The zero-order valence-electron chi connectivity index (χ0n) is 26.8. The van der Waals surface area contributed by atoms with Gasteiger partial charge >= 0.3 is 11.9 Å². The van der Waals surface area contributed by atoms with Crippen LogP contribution in [0.1, 0.15) is 68.3 Å². The highest BCUT2D eigenvalue weighted by atomic mass is 35.5. The number of likely N-dealkylation sites (tertiary alicyclic amines) is 1. The molecule has 4 atom stereocenters. The molecule has 3 amide bonds. The van der Waals surface area contributed by atoms with Gasteiger partial charge in [0, 0.05) is 13.0 Å². The first kappa shape index (κ1) is 39.3. The minimum absolute atomic E-state index is 0. The summed E-state index contributed by atoms with van der Waals surface area (Å²) in [4.78, 5) is 65.7. The van der Waals surface area contributed by atoms with Crippen molar-refractivity contribution in [3.8, 4) is 5.75 Å². The number of nitrogens with zero attached hydrogens (tertiary/aromatic N) is 1. The van der Waals surface area contributed by atoms with Crippen LogP contribution in [0.2, 0.25) is 5.02 Å². The largest absolute Gasteiger partial charge is 0.495 e. The molecule has 0 aliphatic carbocycles. The molecule has 5 N–H and O–H groups in total. The van der Waals surface area contributed by atoms with E-state index in [2.05, 4.69) is 10.6 Å². The Bertz CT molecular complexity index is 1400. The van der Waals surface area contributed by atoms with Gasteiger partial charge in [-0.2, -0.15) is 0 Å². The van der Waals surface area contributed by atoms with E-state index in [1.807, 2.05) is 0 Å². The summed E-state index contributed by atoms with van der Waals surface area (Å²) in [7, 11) is 1.46. The number of unbranched alkanes of at least 4 members (excludes halogenated alkanes) is 1. The summed E-state index contributed by atoms with van der Waals surface area (Å²) in [6, 6.07) is 10.5. The number of carboxylic acid groups (broad SMARTS) is 1. The Kier molecular flexibility index (Phi) is 15.4. The lowest BCUT2D eigenvalue weighted by Gasteiger charge is -2.33. The van der Waals surface area contributed by atoms with Crippen molar-refractivity contribution >= 4 is 53.7 Å². The minimum atomic E-state index is -1.42. The van der Waals surface area contributed by atoms with Crippen LogP contribution in [0.25, 0.3) is 0 Å². The Morgan fingerprint density at radius 3 is 2.47 bits per heavy atom. The third-order valence-electron chi connectivity index (χ3n) is 8.18. The molecule has 1 aliphatic heterocycles. The van der Waals surface area contributed by atoms with Gasteiger partial charge in [0.2, 0.25) is 17.7 Å². The molecule has 2 aromatic rings. The van der Waals surface area contributed by atoms with E-state index in [4.69, 9.17) is 26.8 Å². The SMILES string of the molecule is CC[C@](C)(NC(=O)[C@@H](N)CCCCOC(=O)c1ccccc1)C(=O)N[C@@H](Cc1ccc(Cl)c(OC)c1)C(=O)N1CCC[C@@H]1C(=O)O.Cl. The second-order valence-corrected chi connectivity index (χ2v) is 11.9. The van der Waals surface area contributed by atoms with Crippen LogP contribution in [0.15, 0.2) is 48.5 Å². The molecule has 12 nitrogen and oxygen atoms in total. The lowest BCUT2D eigenvalue weighted by atomic mass is 9.95. The van der Waals surface area contributed by atoms with Crippen LogP contribution in [0.5, 0.6) is 5.75 Å². The molecular weight excluding hydrogens is 651 g/mol. The first-order valence-corrected chi connectivity index (χ1v) is 15.7. The average molecular weight is 696 g/mol. The predicted octanol–water partition coefficient (Wildman–Crippen LogP) is 3.51. The van der Waals surface area contributed by atoms with Gasteiger partial charge in [0.1, 0.15) is 23.4 Å². The fourth-order valence-corrected chi connectivity index (χ4v) is 5.36. The van der Waals surface area contributed by atoms with Crippen LogP contribution in [0.3, 0.4) is 0 Å². The fourth-order valence-electron chi connectivity index (χ4n) is 5.16. The molecule has 1 saturated heterocycles. The van der Waals surface area contributed by atoms with Crippen molar-refractivity contribution in [2.24, 2.45) is 5.73 Å². The fraction of sp³-hybridized carbons (Fsp3) is 0.485. The summed E-state index contributed by atoms with van der Waals surface area (Å²) in [5, 5.41) is 15.6. The number of hydrogen-bond acceptors (Lipinski definition) is 8. The van der Waals surface area contributed by atoms with Crippen molar-refractivity contribution in [2.75, 3.05) is 20.3 Å².